The highest BCUT2D eigenvalue weighted by Crippen LogP contribution is 2.58. The van der Waals surface area contributed by atoms with Gasteiger partial charge in [0.1, 0.15) is 15.6 Å². The number of fused-ring (bicyclic) bond motifs is 2. The number of carbonyl (C=O) groups excluding carboxylic acids is 1. The summed E-state index contributed by atoms with van der Waals surface area (Å²) in [7, 11) is -2.90. The topological polar surface area (TPSA) is 75.7 Å². The first-order valence-electron chi connectivity index (χ1n) is 16.2. The lowest BCUT2D eigenvalue weighted by molar-refractivity contribution is -0.117. The van der Waals surface area contributed by atoms with Crippen molar-refractivity contribution in [2.45, 2.75) is 115 Å². The Kier molecular flexibility index (Phi) is 7.74. The van der Waals surface area contributed by atoms with E-state index < -0.39 is 9.84 Å². The summed E-state index contributed by atoms with van der Waals surface area (Å²) in [5, 5.41) is 3.22. The van der Waals surface area contributed by atoms with Crippen molar-refractivity contribution in [3.63, 3.8) is 0 Å². The highest BCUT2D eigenvalue weighted by Gasteiger charge is 2.49. The molecular weight excluding hydrogens is 532 g/mol. The van der Waals surface area contributed by atoms with E-state index in [2.05, 4.69) is 50.0 Å². The van der Waals surface area contributed by atoms with Crippen LogP contribution < -0.4 is 10.1 Å². The minimum absolute atomic E-state index is 0.0306. The van der Waals surface area contributed by atoms with Gasteiger partial charge in [-0.25, -0.2) is 8.42 Å². The molecule has 5 aliphatic rings. The van der Waals surface area contributed by atoms with Gasteiger partial charge >= 0.3 is 0 Å². The second kappa shape index (κ2) is 10.9. The van der Waals surface area contributed by atoms with Gasteiger partial charge in [0.15, 0.2) is 0 Å². The molecule has 226 valence electrons. The largest absolute Gasteiger partial charge is 0.493 e. The lowest BCUT2D eigenvalue weighted by atomic mass is 9.78. The molecule has 6 nitrogen and oxygen atoms in total. The highest BCUT2D eigenvalue weighted by molar-refractivity contribution is 7.91. The Morgan fingerprint density at radius 3 is 2.39 bits per heavy atom. The zero-order valence-corrected chi connectivity index (χ0v) is 26.5. The Morgan fingerprint density at radius 1 is 1.02 bits per heavy atom. The summed E-state index contributed by atoms with van der Waals surface area (Å²) in [6, 6.07) is 5.00. The molecule has 7 heteroatoms. The predicted octanol–water partition coefficient (Wildman–Crippen LogP) is 6.34. The number of benzene rings is 1. The van der Waals surface area contributed by atoms with E-state index in [1.165, 1.54) is 61.6 Å². The van der Waals surface area contributed by atoms with E-state index >= 15 is 0 Å². The number of nitrogens with one attached hydrogen (secondary N) is 1. The van der Waals surface area contributed by atoms with Gasteiger partial charge in [-0.15, -0.1) is 0 Å². The van der Waals surface area contributed by atoms with Crippen LogP contribution in [0.25, 0.3) is 0 Å². The molecule has 1 saturated heterocycles. The predicted molar refractivity (Wildman–Crippen MR) is 164 cm³/mol. The maximum Gasteiger partial charge on any atom is 0.249 e. The van der Waals surface area contributed by atoms with Crippen LogP contribution in [0.2, 0.25) is 0 Å². The fourth-order valence-electron chi connectivity index (χ4n) is 7.92. The molecule has 0 aromatic heterocycles. The number of allylic oxidation sites excluding steroid dienone is 1. The van der Waals surface area contributed by atoms with Crippen molar-refractivity contribution < 1.29 is 17.9 Å². The van der Waals surface area contributed by atoms with Crippen LogP contribution in [0, 0.1) is 11.8 Å². The van der Waals surface area contributed by atoms with Crippen LogP contribution in [0.15, 0.2) is 23.4 Å². The molecule has 3 heterocycles. The third-order valence-electron chi connectivity index (χ3n) is 10.9. The lowest BCUT2D eigenvalue weighted by Gasteiger charge is -2.37. The molecule has 0 bridgehead atoms. The van der Waals surface area contributed by atoms with Gasteiger partial charge in [0.2, 0.25) is 5.91 Å². The first-order chi connectivity index (χ1) is 19.5. The monoisotopic (exact) mass is 582 g/mol. The van der Waals surface area contributed by atoms with Crippen molar-refractivity contribution in [1.82, 2.24) is 10.2 Å². The smallest absolute Gasteiger partial charge is 0.249 e. The Hall–Kier alpha value is -2.02. The molecule has 1 unspecified atom stereocenters. The van der Waals surface area contributed by atoms with Gasteiger partial charge in [0.05, 0.1) is 24.2 Å². The number of hydrogen-bond acceptors (Lipinski definition) is 5. The third kappa shape index (κ3) is 5.94. The van der Waals surface area contributed by atoms with Crippen LogP contribution in [0.4, 0.5) is 0 Å². The van der Waals surface area contributed by atoms with E-state index in [9.17, 15) is 13.2 Å². The first-order valence-corrected chi connectivity index (χ1v) is 18.0. The molecule has 1 aromatic rings. The van der Waals surface area contributed by atoms with Crippen molar-refractivity contribution in [3.8, 4) is 5.75 Å². The third-order valence-corrected chi connectivity index (χ3v) is 12.6. The fourth-order valence-corrected chi connectivity index (χ4v) is 9.50. The molecule has 6 rings (SSSR count). The Bertz CT molecular complexity index is 1280. The van der Waals surface area contributed by atoms with Gasteiger partial charge < -0.3 is 15.0 Å². The van der Waals surface area contributed by atoms with Crippen LogP contribution in [0.3, 0.4) is 0 Å². The number of nitrogens with zero attached hydrogens (tertiary/aromatic N) is 1. The van der Waals surface area contributed by atoms with Gasteiger partial charge in [-0.1, -0.05) is 40.0 Å². The van der Waals surface area contributed by atoms with Crippen molar-refractivity contribution in [3.05, 3.63) is 40.1 Å². The molecule has 1 N–H and O–H groups in total. The van der Waals surface area contributed by atoms with Gasteiger partial charge in [-0.2, -0.15) is 0 Å². The van der Waals surface area contributed by atoms with Gasteiger partial charge in [-0.3, -0.25) is 4.79 Å². The molecule has 41 heavy (non-hydrogen) atoms. The molecule has 1 aromatic carbocycles. The standard InChI is InChI=1S/C34H50N2O4S/c1-23-27(32(37)35-21-24-10-16-41(38,39)17-11-24)20-30(36(23)22-25-8-6-5-7-9-25)26-18-28(33(2,3)4)31-29(19-26)34(12-13-34)14-15-40-31/h18-19,24-25,30H,5-17,20-22H2,1-4H3,(H,35,37). The quantitative estimate of drug-likeness (QED) is 0.424. The Morgan fingerprint density at radius 2 is 1.73 bits per heavy atom. The minimum atomic E-state index is -2.90. The summed E-state index contributed by atoms with van der Waals surface area (Å²) < 4.78 is 30.1. The van der Waals surface area contributed by atoms with Crippen molar-refractivity contribution in [2.75, 3.05) is 31.2 Å². The van der Waals surface area contributed by atoms with Gasteiger partial charge in [0, 0.05) is 47.3 Å². The lowest BCUT2D eigenvalue weighted by Crippen LogP contribution is -2.34. The zero-order valence-electron chi connectivity index (χ0n) is 25.7. The molecule has 1 spiro atoms. The van der Waals surface area contributed by atoms with E-state index in [1.807, 2.05) is 0 Å². The van der Waals surface area contributed by atoms with E-state index in [0.717, 1.165) is 43.0 Å². The van der Waals surface area contributed by atoms with Crippen LogP contribution in [-0.4, -0.2) is 50.4 Å². The molecule has 3 aliphatic heterocycles. The maximum absolute atomic E-state index is 13.7. The molecule has 1 amide bonds. The fraction of sp³-hybridized carbons (Fsp3) is 0.735. The number of ether oxygens (including phenoxy) is 1. The highest BCUT2D eigenvalue weighted by atomic mass is 32.2. The summed E-state index contributed by atoms with van der Waals surface area (Å²) in [6.07, 6.45) is 12.1. The second-order valence-corrected chi connectivity index (χ2v) is 17.1. The van der Waals surface area contributed by atoms with Crippen LogP contribution >= 0.6 is 0 Å². The number of sulfone groups is 1. The van der Waals surface area contributed by atoms with Crippen LogP contribution in [0.5, 0.6) is 5.75 Å². The van der Waals surface area contributed by atoms with E-state index in [0.29, 0.717) is 25.3 Å². The molecule has 2 aliphatic carbocycles. The van der Waals surface area contributed by atoms with Crippen molar-refractivity contribution in [1.29, 1.82) is 0 Å². The SMILES string of the molecule is CC1=C(C(=O)NCC2CCS(=O)(=O)CC2)CC(c2cc(C(C)(C)C)c3c(c2)C2(CCO3)CC2)N1CC1CCCCC1. The summed E-state index contributed by atoms with van der Waals surface area (Å²) in [5.41, 5.74) is 6.32. The minimum Gasteiger partial charge on any atom is -0.493 e. The van der Waals surface area contributed by atoms with Gasteiger partial charge in [0.25, 0.3) is 0 Å². The van der Waals surface area contributed by atoms with E-state index in [-0.39, 0.29) is 40.2 Å². The zero-order chi connectivity index (χ0) is 29.0. The Balaban J connectivity index is 1.29. The molecule has 3 fully saturated rings. The van der Waals surface area contributed by atoms with E-state index in [1.54, 1.807) is 0 Å². The van der Waals surface area contributed by atoms with Crippen LogP contribution in [-0.2, 0) is 25.5 Å². The number of hydrogen-bond donors (Lipinski definition) is 1. The van der Waals surface area contributed by atoms with Crippen LogP contribution in [0.1, 0.15) is 121 Å². The van der Waals surface area contributed by atoms with E-state index in [4.69, 9.17) is 4.74 Å². The first kappa shape index (κ1) is 29.1. The average molecular weight is 583 g/mol. The second-order valence-electron chi connectivity index (χ2n) is 14.8. The normalized spacial score (nSPS) is 26.1. The summed E-state index contributed by atoms with van der Waals surface area (Å²) in [6.45, 7) is 11.4. The molecule has 1 atom stereocenters. The van der Waals surface area contributed by atoms with Gasteiger partial charge in [-0.05, 0) is 86.8 Å². The molecule has 2 saturated carbocycles. The molecule has 0 radical (unpaired) electrons. The number of carbonyl (C=O) groups is 1. The Labute approximate surface area is 247 Å². The molecular formula is C34H50N2O4S. The van der Waals surface area contributed by atoms with Crippen molar-refractivity contribution in [2.24, 2.45) is 11.8 Å². The average Bonchev–Trinajstić information content (AvgIpc) is 3.63. The number of rotatable bonds is 6. The summed E-state index contributed by atoms with van der Waals surface area (Å²) in [5.74, 6) is 2.55. The summed E-state index contributed by atoms with van der Waals surface area (Å²) in [4.78, 5) is 16.2. The van der Waals surface area contributed by atoms with Crippen molar-refractivity contribution >= 4 is 15.7 Å². The maximum atomic E-state index is 13.7. The number of amides is 1. The summed E-state index contributed by atoms with van der Waals surface area (Å²) >= 11 is 0.